The maximum absolute atomic E-state index is 13.2. The Kier molecular flexibility index (Phi) is 7.05. The van der Waals surface area contributed by atoms with Gasteiger partial charge in [0.25, 0.3) is 15.7 Å². The molecular weight excluding hydrogens is 477 g/mol. The summed E-state index contributed by atoms with van der Waals surface area (Å²) in [6.07, 6.45) is -3.75. The van der Waals surface area contributed by atoms with Crippen LogP contribution in [0.15, 0.2) is 76.7 Å². The maximum Gasteiger partial charge on any atom is 0.417 e. The Hall–Kier alpha value is -4.13. The van der Waals surface area contributed by atoms with Gasteiger partial charge in [0, 0.05) is 17.7 Å². The molecule has 2 N–H and O–H groups in total. The first-order valence-corrected chi connectivity index (χ1v) is 10.9. The van der Waals surface area contributed by atoms with E-state index in [4.69, 9.17) is 4.74 Å². The van der Waals surface area contributed by atoms with E-state index in [0.717, 1.165) is 30.5 Å². The van der Waals surface area contributed by atoms with Crippen LogP contribution >= 0.6 is 0 Å². The van der Waals surface area contributed by atoms with Crippen molar-refractivity contribution in [1.29, 1.82) is 0 Å². The standard InChI is InChI=1S/C21H17F3N4O5S/c1-33-19-9-5-4-8-17(19)27-34(31,32)20-12-15(28(29)30)10-11-18(20)26-25-13-14-6-2-3-7-16(14)21(22,23)24/h2-13,26-27H,1H3/b25-13-. The first-order chi connectivity index (χ1) is 16.0. The number of methoxy groups -OCH3 is 1. The highest BCUT2D eigenvalue weighted by Crippen LogP contribution is 2.32. The predicted molar refractivity (Wildman–Crippen MR) is 120 cm³/mol. The molecule has 0 radical (unpaired) electrons. The lowest BCUT2D eigenvalue weighted by molar-refractivity contribution is -0.385. The van der Waals surface area contributed by atoms with Gasteiger partial charge in [-0.25, -0.2) is 8.42 Å². The molecule has 0 atom stereocenters. The molecule has 3 aromatic carbocycles. The van der Waals surface area contributed by atoms with Crippen molar-refractivity contribution < 1.29 is 31.2 Å². The number of hydrazone groups is 1. The van der Waals surface area contributed by atoms with Crippen LogP contribution in [0.3, 0.4) is 0 Å². The number of nitrogens with one attached hydrogen (secondary N) is 2. The molecule has 3 rings (SSSR count). The van der Waals surface area contributed by atoms with E-state index >= 15 is 0 Å². The van der Waals surface area contributed by atoms with Gasteiger partial charge in [0.05, 0.1) is 35.2 Å². The molecule has 0 unspecified atom stereocenters. The van der Waals surface area contributed by atoms with Crippen LogP contribution in [-0.4, -0.2) is 26.7 Å². The number of halogens is 3. The topological polar surface area (TPSA) is 123 Å². The number of nitro groups is 1. The lowest BCUT2D eigenvalue weighted by atomic mass is 10.1. The van der Waals surface area contributed by atoms with Crippen LogP contribution in [-0.2, 0) is 16.2 Å². The summed E-state index contributed by atoms with van der Waals surface area (Å²) >= 11 is 0. The molecule has 0 amide bonds. The number of alkyl halides is 3. The average molecular weight is 494 g/mol. The highest BCUT2D eigenvalue weighted by Gasteiger charge is 2.32. The third-order valence-corrected chi connectivity index (χ3v) is 5.88. The number of anilines is 2. The van der Waals surface area contributed by atoms with Crippen LogP contribution in [0.5, 0.6) is 5.75 Å². The predicted octanol–water partition coefficient (Wildman–Crippen LogP) is 4.87. The molecule has 0 aliphatic carbocycles. The van der Waals surface area contributed by atoms with Crippen molar-refractivity contribution in [2.24, 2.45) is 5.10 Å². The molecule has 0 bridgehead atoms. The molecule has 0 aliphatic heterocycles. The van der Waals surface area contributed by atoms with E-state index in [0.29, 0.717) is 0 Å². The minimum absolute atomic E-state index is 0.0741. The quantitative estimate of drug-likeness (QED) is 0.262. The van der Waals surface area contributed by atoms with Crippen molar-refractivity contribution in [3.63, 3.8) is 0 Å². The molecule has 0 aliphatic rings. The average Bonchev–Trinajstić information content (AvgIpc) is 2.79. The number of hydrogen-bond donors (Lipinski definition) is 2. The smallest absolute Gasteiger partial charge is 0.417 e. The number of sulfonamides is 1. The van der Waals surface area contributed by atoms with Crippen LogP contribution in [0.25, 0.3) is 0 Å². The number of rotatable bonds is 8. The normalized spacial score (nSPS) is 11.9. The summed E-state index contributed by atoms with van der Waals surface area (Å²) in [6.45, 7) is 0. The Morgan fingerprint density at radius 1 is 1.03 bits per heavy atom. The van der Waals surface area contributed by atoms with E-state index in [2.05, 4.69) is 15.2 Å². The second-order valence-electron chi connectivity index (χ2n) is 6.70. The van der Waals surface area contributed by atoms with E-state index in [1.54, 1.807) is 12.1 Å². The fourth-order valence-corrected chi connectivity index (χ4v) is 4.15. The van der Waals surface area contributed by atoms with Crippen LogP contribution in [0.4, 0.5) is 30.2 Å². The van der Waals surface area contributed by atoms with E-state index in [1.807, 2.05) is 0 Å². The Labute approximate surface area is 192 Å². The molecule has 13 heteroatoms. The largest absolute Gasteiger partial charge is 0.495 e. The van der Waals surface area contributed by atoms with E-state index in [1.165, 1.54) is 37.4 Å². The second-order valence-corrected chi connectivity index (χ2v) is 8.35. The van der Waals surface area contributed by atoms with Gasteiger partial charge in [-0.1, -0.05) is 30.3 Å². The Balaban J connectivity index is 1.98. The summed E-state index contributed by atoms with van der Waals surface area (Å²) in [4.78, 5) is 9.86. The third-order valence-electron chi connectivity index (χ3n) is 4.47. The summed E-state index contributed by atoms with van der Waals surface area (Å²) in [7, 11) is -3.08. The van der Waals surface area contributed by atoms with Gasteiger partial charge in [-0.05, 0) is 24.3 Å². The Bertz CT molecular complexity index is 1340. The molecule has 0 saturated heterocycles. The molecule has 0 heterocycles. The Morgan fingerprint density at radius 3 is 2.38 bits per heavy atom. The first kappa shape index (κ1) is 24.5. The molecular formula is C21H17F3N4O5S. The zero-order valence-electron chi connectivity index (χ0n) is 17.4. The second kappa shape index (κ2) is 9.79. The third kappa shape index (κ3) is 5.61. The van der Waals surface area contributed by atoms with Crippen molar-refractivity contribution in [3.8, 4) is 5.75 Å². The first-order valence-electron chi connectivity index (χ1n) is 9.42. The molecule has 0 spiro atoms. The van der Waals surface area contributed by atoms with Crippen molar-refractivity contribution in [3.05, 3.63) is 88.0 Å². The van der Waals surface area contributed by atoms with Gasteiger partial charge >= 0.3 is 6.18 Å². The fraction of sp³-hybridized carbons (Fsp3) is 0.0952. The number of para-hydroxylation sites is 2. The number of nitro benzene ring substituents is 1. The van der Waals surface area contributed by atoms with E-state index in [-0.39, 0.29) is 22.7 Å². The number of benzene rings is 3. The highest BCUT2D eigenvalue weighted by molar-refractivity contribution is 7.93. The molecule has 0 saturated carbocycles. The maximum atomic E-state index is 13.2. The molecule has 9 nitrogen and oxygen atoms in total. The molecule has 3 aromatic rings. The van der Waals surface area contributed by atoms with Crippen LogP contribution in [0.1, 0.15) is 11.1 Å². The lowest BCUT2D eigenvalue weighted by Crippen LogP contribution is -2.15. The van der Waals surface area contributed by atoms with Crippen LogP contribution in [0, 0.1) is 10.1 Å². The number of non-ortho nitro benzene ring substituents is 1. The summed E-state index contributed by atoms with van der Waals surface area (Å²) < 4.78 is 73.0. The van der Waals surface area contributed by atoms with Gasteiger partial charge in [0.15, 0.2) is 0 Å². The van der Waals surface area contributed by atoms with Crippen molar-refractivity contribution in [1.82, 2.24) is 0 Å². The number of hydrogen-bond acceptors (Lipinski definition) is 7. The minimum atomic E-state index is -4.62. The molecule has 0 aromatic heterocycles. The van der Waals surface area contributed by atoms with Gasteiger partial charge in [-0.3, -0.25) is 20.3 Å². The fourth-order valence-electron chi connectivity index (χ4n) is 2.91. The zero-order valence-corrected chi connectivity index (χ0v) is 18.2. The summed E-state index contributed by atoms with van der Waals surface area (Å²) in [6, 6.07) is 13.7. The highest BCUT2D eigenvalue weighted by atomic mass is 32.2. The minimum Gasteiger partial charge on any atom is -0.495 e. The monoisotopic (exact) mass is 494 g/mol. The summed E-state index contributed by atoms with van der Waals surface area (Å²) in [5.41, 5.74) is 0.515. The van der Waals surface area contributed by atoms with Crippen LogP contribution < -0.4 is 14.9 Å². The SMILES string of the molecule is COc1ccccc1NS(=O)(=O)c1cc([N+](=O)[O-])ccc1N/N=C\c1ccccc1C(F)(F)F. The summed E-state index contributed by atoms with van der Waals surface area (Å²) in [5.74, 6) is 0.202. The molecule has 178 valence electrons. The van der Waals surface area contributed by atoms with E-state index < -0.39 is 37.3 Å². The van der Waals surface area contributed by atoms with Gasteiger partial charge in [-0.15, -0.1) is 0 Å². The van der Waals surface area contributed by atoms with Gasteiger partial charge < -0.3 is 4.74 Å². The van der Waals surface area contributed by atoms with Crippen molar-refractivity contribution in [2.75, 3.05) is 17.3 Å². The van der Waals surface area contributed by atoms with Gasteiger partial charge in [0.1, 0.15) is 10.6 Å². The van der Waals surface area contributed by atoms with Crippen LogP contribution in [0.2, 0.25) is 0 Å². The Morgan fingerprint density at radius 2 is 1.71 bits per heavy atom. The molecule has 0 fully saturated rings. The number of ether oxygens (including phenoxy) is 1. The van der Waals surface area contributed by atoms with Gasteiger partial charge in [-0.2, -0.15) is 18.3 Å². The number of nitrogens with zero attached hydrogens (tertiary/aromatic N) is 2. The lowest BCUT2D eigenvalue weighted by Gasteiger charge is -2.14. The van der Waals surface area contributed by atoms with Crippen molar-refractivity contribution >= 4 is 33.3 Å². The van der Waals surface area contributed by atoms with E-state index in [9.17, 15) is 31.7 Å². The molecule has 34 heavy (non-hydrogen) atoms. The van der Waals surface area contributed by atoms with Crippen molar-refractivity contribution in [2.45, 2.75) is 11.1 Å². The summed E-state index contributed by atoms with van der Waals surface area (Å²) in [5, 5.41) is 14.9. The van der Waals surface area contributed by atoms with Gasteiger partial charge in [0.2, 0.25) is 0 Å². The zero-order chi connectivity index (χ0) is 24.9.